The van der Waals surface area contributed by atoms with Crippen LogP contribution in [0.5, 0.6) is 5.75 Å². The van der Waals surface area contributed by atoms with Crippen LogP contribution in [0.25, 0.3) is 0 Å². The molecule has 3 heteroatoms. The maximum atomic E-state index is 5.85. The van der Waals surface area contributed by atoms with E-state index >= 15 is 0 Å². The average Bonchev–Trinajstić information content (AvgIpc) is 2.31. The van der Waals surface area contributed by atoms with Gasteiger partial charge in [-0.3, -0.25) is 0 Å². The van der Waals surface area contributed by atoms with E-state index in [0.717, 1.165) is 25.4 Å². The summed E-state index contributed by atoms with van der Waals surface area (Å²) in [7, 11) is 0. The molecule has 1 aliphatic rings. The van der Waals surface area contributed by atoms with E-state index < -0.39 is 0 Å². The van der Waals surface area contributed by atoms with Crippen LogP contribution in [0, 0.1) is 0 Å². The average molecular weight is 221 g/mol. The molecule has 1 atom stereocenters. The molecular formula is C13H19NO2. The summed E-state index contributed by atoms with van der Waals surface area (Å²) in [6.45, 7) is 7.38. The number of nitrogens with one attached hydrogen (secondary N) is 1. The molecule has 0 aliphatic carbocycles. The highest BCUT2D eigenvalue weighted by Crippen LogP contribution is 2.27. The number of hydrogen-bond acceptors (Lipinski definition) is 3. The second-order valence-electron chi connectivity index (χ2n) is 4.21. The SMILES string of the molecule is CCOc1ccc(C2(C)CNCCO2)cc1. The minimum atomic E-state index is -0.205. The Morgan fingerprint density at radius 1 is 1.38 bits per heavy atom. The number of morpholine rings is 1. The summed E-state index contributed by atoms with van der Waals surface area (Å²) in [5.41, 5.74) is 0.992. The van der Waals surface area contributed by atoms with Gasteiger partial charge in [0.1, 0.15) is 11.4 Å². The summed E-state index contributed by atoms with van der Waals surface area (Å²) < 4.78 is 11.3. The monoisotopic (exact) mass is 221 g/mol. The van der Waals surface area contributed by atoms with Crippen molar-refractivity contribution in [1.82, 2.24) is 5.32 Å². The Bertz CT molecular complexity index is 328. The van der Waals surface area contributed by atoms with E-state index in [1.165, 1.54) is 5.56 Å². The number of benzene rings is 1. The number of ether oxygens (including phenoxy) is 2. The van der Waals surface area contributed by atoms with Crippen molar-refractivity contribution in [2.45, 2.75) is 19.4 Å². The number of hydrogen-bond donors (Lipinski definition) is 1. The highest BCUT2D eigenvalue weighted by molar-refractivity contribution is 5.31. The summed E-state index contributed by atoms with van der Waals surface area (Å²) >= 11 is 0. The fourth-order valence-electron chi connectivity index (χ4n) is 1.98. The molecule has 16 heavy (non-hydrogen) atoms. The standard InChI is InChI=1S/C13H19NO2/c1-3-15-12-6-4-11(5-7-12)13(2)10-14-8-9-16-13/h4-7,14H,3,8-10H2,1-2H3. The third-order valence-corrected chi connectivity index (χ3v) is 2.94. The van der Waals surface area contributed by atoms with Gasteiger partial charge in [0.15, 0.2) is 0 Å². The van der Waals surface area contributed by atoms with Crippen molar-refractivity contribution in [3.05, 3.63) is 29.8 Å². The fourth-order valence-corrected chi connectivity index (χ4v) is 1.98. The summed E-state index contributed by atoms with van der Waals surface area (Å²) in [6, 6.07) is 8.17. The first kappa shape index (κ1) is 11.4. The summed E-state index contributed by atoms with van der Waals surface area (Å²) in [4.78, 5) is 0. The second-order valence-corrected chi connectivity index (χ2v) is 4.21. The number of rotatable bonds is 3. The molecule has 3 nitrogen and oxygen atoms in total. The summed E-state index contributed by atoms with van der Waals surface area (Å²) in [6.07, 6.45) is 0. The van der Waals surface area contributed by atoms with Gasteiger partial charge in [0.25, 0.3) is 0 Å². The Morgan fingerprint density at radius 3 is 2.69 bits per heavy atom. The van der Waals surface area contributed by atoms with Crippen molar-refractivity contribution >= 4 is 0 Å². The molecule has 2 rings (SSSR count). The van der Waals surface area contributed by atoms with Crippen molar-refractivity contribution in [2.24, 2.45) is 0 Å². The van der Waals surface area contributed by atoms with Gasteiger partial charge in [-0.15, -0.1) is 0 Å². The zero-order chi connectivity index (χ0) is 11.4. The lowest BCUT2D eigenvalue weighted by Crippen LogP contribution is -2.45. The molecule has 0 bridgehead atoms. The van der Waals surface area contributed by atoms with Gasteiger partial charge in [-0.1, -0.05) is 12.1 Å². The van der Waals surface area contributed by atoms with E-state index in [4.69, 9.17) is 9.47 Å². The lowest BCUT2D eigenvalue weighted by molar-refractivity contribution is -0.0572. The molecule has 88 valence electrons. The zero-order valence-electron chi connectivity index (χ0n) is 9.95. The van der Waals surface area contributed by atoms with Crippen LogP contribution < -0.4 is 10.1 Å². The van der Waals surface area contributed by atoms with Gasteiger partial charge in [-0.2, -0.15) is 0 Å². The lowest BCUT2D eigenvalue weighted by Gasteiger charge is -2.34. The van der Waals surface area contributed by atoms with Crippen LogP contribution in [0.3, 0.4) is 0 Å². The Hall–Kier alpha value is -1.06. The van der Waals surface area contributed by atoms with Crippen LogP contribution >= 0.6 is 0 Å². The first-order valence-corrected chi connectivity index (χ1v) is 5.82. The van der Waals surface area contributed by atoms with Gasteiger partial charge in [0, 0.05) is 13.1 Å². The highest BCUT2D eigenvalue weighted by atomic mass is 16.5. The van der Waals surface area contributed by atoms with Gasteiger partial charge in [0.05, 0.1) is 13.2 Å². The van der Waals surface area contributed by atoms with Gasteiger partial charge in [-0.25, -0.2) is 0 Å². The van der Waals surface area contributed by atoms with Gasteiger partial charge >= 0.3 is 0 Å². The predicted octanol–water partition coefficient (Wildman–Crippen LogP) is 1.92. The largest absolute Gasteiger partial charge is 0.494 e. The second kappa shape index (κ2) is 4.85. The topological polar surface area (TPSA) is 30.5 Å². The zero-order valence-corrected chi connectivity index (χ0v) is 9.95. The molecule has 0 radical (unpaired) electrons. The Morgan fingerprint density at radius 2 is 2.12 bits per heavy atom. The van der Waals surface area contributed by atoms with Gasteiger partial charge < -0.3 is 14.8 Å². The Balaban J connectivity index is 2.13. The van der Waals surface area contributed by atoms with Gasteiger partial charge in [0.2, 0.25) is 0 Å². The molecule has 1 aliphatic heterocycles. The molecule has 1 aromatic rings. The molecular weight excluding hydrogens is 202 g/mol. The molecule has 0 spiro atoms. The van der Waals surface area contributed by atoms with Crippen LogP contribution in [0.2, 0.25) is 0 Å². The minimum absolute atomic E-state index is 0.205. The first-order valence-electron chi connectivity index (χ1n) is 5.82. The molecule has 1 fully saturated rings. The third-order valence-electron chi connectivity index (χ3n) is 2.94. The maximum absolute atomic E-state index is 5.85. The predicted molar refractivity (Wildman–Crippen MR) is 63.8 cm³/mol. The normalized spacial score (nSPS) is 25.4. The van der Waals surface area contributed by atoms with E-state index in [1.54, 1.807) is 0 Å². The minimum Gasteiger partial charge on any atom is -0.494 e. The molecule has 0 saturated carbocycles. The Kier molecular flexibility index (Phi) is 3.46. The smallest absolute Gasteiger partial charge is 0.119 e. The van der Waals surface area contributed by atoms with E-state index in [1.807, 2.05) is 19.1 Å². The summed E-state index contributed by atoms with van der Waals surface area (Å²) in [5.74, 6) is 0.915. The fraction of sp³-hybridized carbons (Fsp3) is 0.538. The van der Waals surface area contributed by atoms with E-state index in [0.29, 0.717) is 6.61 Å². The first-order chi connectivity index (χ1) is 7.74. The molecule has 1 saturated heterocycles. The summed E-state index contributed by atoms with van der Waals surface area (Å²) in [5, 5.41) is 3.36. The van der Waals surface area contributed by atoms with Crippen LogP contribution in [0.4, 0.5) is 0 Å². The molecule has 1 aromatic carbocycles. The van der Waals surface area contributed by atoms with Crippen molar-refractivity contribution in [2.75, 3.05) is 26.3 Å². The van der Waals surface area contributed by atoms with Crippen molar-refractivity contribution in [1.29, 1.82) is 0 Å². The van der Waals surface area contributed by atoms with E-state index in [9.17, 15) is 0 Å². The van der Waals surface area contributed by atoms with Crippen LogP contribution in [-0.2, 0) is 10.3 Å². The molecule has 1 N–H and O–H groups in total. The maximum Gasteiger partial charge on any atom is 0.119 e. The Labute approximate surface area is 96.8 Å². The third kappa shape index (κ3) is 2.36. The molecule has 0 aromatic heterocycles. The van der Waals surface area contributed by atoms with E-state index in [-0.39, 0.29) is 5.60 Å². The van der Waals surface area contributed by atoms with Crippen LogP contribution in [0.1, 0.15) is 19.4 Å². The van der Waals surface area contributed by atoms with Crippen LogP contribution in [-0.4, -0.2) is 26.3 Å². The van der Waals surface area contributed by atoms with Crippen molar-refractivity contribution < 1.29 is 9.47 Å². The quantitative estimate of drug-likeness (QED) is 0.846. The van der Waals surface area contributed by atoms with Crippen molar-refractivity contribution in [3.8, 4) is 5.75 Å². The van der Waals surface area contributed by atoms with Crippen molar-refractivity contribution in [3.63, 3.8) is 0 Å². The molecule has 1 unspecified atom stereocenters. The molecule has 1 heterocycles. The van der Waals surface area contributed by atoms with E-state index in [2.05, 4.69) is 24.4 Å². The lowest BCUT2D eigenvalue weighted by atomic mass is 9.94. The highest BCUT2D eigenvalue weighted by Gasteiger charge is 2.29. The van der Waals surface area contributed by atoms with Gasteiger partial charge in [-0.05, 0) is 31.5 Å². The molecule has 0 amide bonds. The van der Waals surface area contributed by atoms with Crippen LogP contribution in [0.15, 0.2) is 24.3 Å².